The van der Waals surface area contributed by atoms with Gasteiger partial charge in [0.2, 0.25) is 0 Å². The van der Waals surface area contributed by atoms with Crippen LogP contribution in [0.15, 0.2) is 24.3 Å². The molecule has 0 saturated heterocycles. The second-order valence-electron chi connectivity index (χ2n) is 3.71. The lowest BCUT2D eigenvalue weighted by molar-refractivity contribution is 0.627. The normalized spacial score (nSPS) is 13.3. The molecule has 0 heterocycles. The second-order valence-corrected chi connectivity index (χ2v) is 3.71. The summed E-state index contributed by atoms with van der Waals surface area (Å²) in [4.78, 5) is 0. The summed E-state index contributed by atoms with van der Waals surface area (Å²) >= 11 is 0. The minimum Gasteiger partial charge on any atom is -0.311 e. The zero-order chi connectivity index (χ0) is 11.3. The minimum absolute atomic E-state index is 0.184. The van der Waals surface area contributed by atoms with Gasteiger partial charge in [-0.2, -0.15) is 0 Å². The third-order valence-electron chi connectivity index (χ3n) is 2.33. The van der Waals surface area contributed by atoms with Crippen LogP contribution in [0.5, 0.6) is 0 Å². The average Bonchev–Trinajstić information content (AvgIpc) is 2.20. The standard InChI is InChI=1S/C13H18FN/c1-4-15-11(3)6-7-12-9-13(14)8-5-10(12)2/h5-9,11,15H,4H2,1-3H3/b7-6+. The van der Waals surface area contributed by atoms with Gasteiger partial charge in [0, 0.05) is 6.04 Å². The monoisotopic (exact) mass is 207 g/mol. The molecule has 0 aromatic heterocycles. The fourth-order valence-corrected chi connectivity index (χ4v) is 1.43. The molecule has 0 spiro atoms. The number of hydrogen-bond acceptors (Lipinski definition) is 1. The highest BCUT2D eigenvalue weighted by Gasteiger charge is 1.97. The Labute approximate surface area is 91.0 Å². The van der Waals surface area contributed by atoms with E-state index in [0.717, 1.165) is 17.7 Å². The highest BCUT2D eigenvalue weighted by Crippen LogP contribution is 2.12. The molecule has 2 heteroatoms. The van der Waals surface area contributed by atoms with Crippen LogP contribution in [0, 0.1) is 12.7 Å². The van der Waals surface area contributed by atoms with Gasteiger partial charge in [-0.15, -0.1) is 0 Å². The zero-order valence-corrected chi connectivity index (χ0v) is 9.55. The summed E-state index contributed by atoms with van der Waals surface area (Å²) in [5.74, 6) is -0.184. The van der Waals surface area contributed by atoms with Crippen molar-refractivity contribution in [3.05, 3.63) is 41.2 Å². The maximum atomic E-state index is 13.0. The van der Waals surface area contributed by atoms with Gasteiger partial charge in [-0.3, -0.25) is 0 Å². The van der Waals surface area contributed by atoms with E-state index in [0.29, 0.717) is 6.04 Å². The topological polar surface area (TPSA) is 12.0 Å². The molecule has 82 valence electrons. The van der Waals surface area contributed by atoms with E-state index in [1.54, 1.807) is 12.1 Å². The van der Waals surface area contributed by atoms with Crippen LogP contribution in [0.4, 0.5) is 4.39 Å². The summed E-state index contributed by atoms with van der Waals surface area (Å²) in [7, 11) is 0. The highest BCUT2D eigenvalue weighted by molar-refractivity contribution is 5.54. The summed E-state index contributed by atoms with van der Waals surface area (Å²) in [6.45, 7) is 7.07. The fraction of sp³-hybridized carbons (Fsp3) is 0.385. The van der Waals surface area contributed by atoms with Crippen molar-refractivity contribution in [3.8, 4) is 0 Å². The van der Waals surface area contributed by atoms with E-state index < -0.39 is 0 Å². The molecule has 1 aromatic carbocycles. The van der Waals surface area contributed by atoms with Crippen LogP contribution in [-0.2, 0) is 0 Å². The van der Waals surface area contributed by atoms with Gasteiger partial charge in [0.25, 0.3) is 0 Å². The smallest absolute Gasteiger partial charge is 0.123 e. The van der Waals surface area contributed by atoms with Crippen LogP contribution in [0.3, 0.4) is 0 Å². The molecule has 0 saturated carbocycles. The molecule has 1 N–H and O–H groups in total. The largest absolute Gasteiger partial charge is 0.311 e. The number of rotatable bonds is 4. The van der Waals surface area contributed by atoms with E-state index >= 15 is 0 Å². The van der Waals surface area contributed by atoms with Crippen molar-refractivity contribution < 1.29 is 4.39 Å². The number of nitrogens with one attached hydrogen (secondary N) is 1. The summed E-state index contributed by atoms with van der Waals surface area (Å²) < 4.78 is 13.0. The molecule has 0 aliphatic rings. The van der Waals surface area contributed by atoms with E-state index in [1.165, 1.54) is 6.07 Å². The number of halogens is 1. The number of benzene rings is 1. The molecular formula is C13H18FN. The van der Waals surface area contributed by atoms with Gasteiger partial charge < -0.3 is 5.32 Å². The van der Waals surface area contributed by atoms with Crippen molar-refractivity contribution in [2.75, 3.05) is 6.54 Å². The van der Waals surface area contributed by atoms with Gasteiger partial charge >= 0.3 is 0 Å². The van der Waals surface area contributed by atoms with Gasteiger partial charge in [0.05, 0.1) is 0 Å². The van der Waals surface area contributed by atoms with Crippen molar-refractivity contribution in [1.82, 2.24) is 5.32 Å². The number of likely N-dealkylation sites (N-methyl/N-ethyl adjacent to an activating group) is 1. The third-order valence-corrected chi connectivity index (χ3v) is 2.33. The lowest BCUT2D eigenvalue weighted by atomic mass is 10.1. The third kappa shape index (κ3) is 3.84. The van der Waals surface area contributed by atoms with E-state index in [9.17, 15) is 4.39 Å². The van der Waals surface area contributed by atoms with Gasteiger partial charge in [0.15, 0.2) is 0 Å². The maximum Gasteiger partial charge on any atom is 0.123 e. The first kappa shape index (κ1) is 11.9. The maximum absolute atomic E-state index is 13.0. The lowest BCUT2D eigenvalue weighted by Crippen LogP contribution is -2.22. The molecule has 0 aliphatic carbocycles. The van der Waals surface area contributed by atoms with E-state index in [4.69, 9.17) is 0 Å². The summed E-state index contributed by atoms with van der Waals surface area (Å²) in [5, 5.41) is 3.27. The molecule has 0 fully saturated rings. The Morgan fingerprint density at radius 2 is 2.20 bits per heavy atom. The Morgan fingerprint density at radius 3 is 2.87 bits per heavy atom. The summed E-state index contributed by atoms with van der Waals surface area (Å²) in [6, 6.07) is 5.16. The van der Waals surface area contributed by atoms with Crippen molar-refractivity contribution >= 4 is 6.08 Å². The van der Waals surface area contributed by atoms with E-state index in [-0.39, 0.29) is 5.82 Å². The zero-order valence-electron chi connectivity index (χ0n) is 9.55. The molecule has 0 aliphatic heterocycles. The lowest BCUT2D eigenvalue weighted by Gasteiger charge is -2.06. The van der Waals surface area contributed by atoms with E-state index in [1.807, 2.05) is 19.1 Å². The van der Waals surface area contributed by atoms with E-state index in [2.05, 4.69) is 19.2 Å². The highest BCUT2D eigenvalue weighted by atomic mass is 19.1. The summed E-state index contributed by atoms with van der Waals surface area (Å²) in [5.41, 5.74) is 2.04. The molecule has 1 atom stereocenters. The molecule has 1 aromatic rings. The molecule has 0 amide bonds. The second kappa shape index (κ2) is 5.66. The molecule has 1 unspecified atom stereocenters. The Hall–Kier alpha value is -1.15. The SMILES string of the molecule is CCNC(C)/C=C/c1cc(F)ccc1C. The van der Waals surface area contributed by atoms with Crippen LogP contribution in [0.25, 0.3) is 6.08 Å². The predicted octanol–water partition coefficient (Wildman–Crippen LogP) is 3.15. The quantitative estimate of drug-likeness (QED) is 0.799. The Bertz CT molecular complexity index is 344. The Morgan fingerprint density at radius 1 is 1.47 bits per heavy atom. The van der Waals surface area contributed by atoms with Crippen molar-refractivity contribution in [1.29, 1.82) is 0 Å². The first-order chi connectivity index (χ1) is 7.13. The van der Waals surface area contributed by atoms with Gasteiger partial charge in [-0.05, 0) is 43.7 Å². The fourth-order valence-electron chi connectivity index (χ4n) is 1.43. The van der Waals surface area contributed by atoms with Crippen LogP contribution in [-0.4, -0.2) is 12.6 Å². The van der Waals surface area contributed by atoms with Crippen molar-refractivity contribution in [2.24, 2.45) is 0 Å². The van der Waals surface area contributed by atoms with Crippen LogP contribution >= 0.6 is 0 Å². The van der Waals surface area contributed by atoms with Gasteiger partial charge in [-0.1, -0.05) is 25.1 Å². The average molecular weight is 207 g/mol. The van der Waals surface area contributed by atoms with Crippen molar-refractivity contribution in [2.45, 2.75) is 26.8 Å². The predicted molar refractivity (Wildman–Crippen MR) is 63.3 cm³/mol. The molecule has 1 rings (SSSR count). The van der Waals surface area contributed by atoms with Crippen LogP contribution in [0.1, 0.15) is 25.0 Å². The molecule has 1 nitrogen and oxygen atoms in total. The first-order valence-electron chi connectivity index (χ1n) is 5.31. The summed E-state index contributed by atoms with van der Waals surface area (Å²) in [6.07, 6.45) is 4.01. The Balaban J connectivity index is 2.75. The first-order valence-corrected chi connectivity index (χ1v) is 5.31. The molecule has 0 bridgehead atoms. The van der Waals surface area contributed by atoms with Crippen molar-refractivity contribution in [3.63, 3.8) is 0 Å². The molecule has 15 heavy (non-hydrogen) atoms. The van der Waals surface area contributed by atoms with Crippen LogP contribution in [0.2, 0.25) is 0 Å². The molecule has 0 radical (unpaired) electrons. The number of aryl methyl sites for hydroxylation is 1. The minimum atomic E-state index is -0.184. The number of hydrogen-bond donors (Lipinski definition) is 1. The Kier molecular flexibility index (Phi) is 4.50. The van der Waals surface area contributed by atoms with Crippen LogP contribution < -0.4 is 5.32 Å². The molecular weight excluding hydrogens is 189 g/mol. The van der Waals surface area contributed by atoms with Gasteiger partial charge in [-0.25, -0.2) is 4.39 Å². The van der Waals surface area contributed by atoms with Gasteiger partial charge in [0.1, 0.15) is 5.82 Å².